The molecule has 0 bridgehead atoms. The summed E-state index contributed by atoms with van der Waals surface area (Å²) in [4.78, 5) is 14.7. The minimum absolute atomic E-state index is 0.0656. The highest BCUT2D eigenvalue weighted by Crippen LogP contribution is 2.44. The molecule has 1 atom stereocenters. The number of nitrogens with two attached hydrogens (primary N) is 1. The number of likely N-dealkylation sites (tertiary alicyclic amines) is 1. The topological polar surface area (TPSA) is 46.3 Å². The maximum Gasteiger partial charge on any atom is 0.230 e. The van der Waals surface area contributed by atoms with E-state index in [0.717, 1.165) is 32.4 Å². The van der Waals surface area contributed by atoms with Crippen molar-refractivity contribution in [2.45, 2.75) is 43.6 Å². The highest BCUT2D eigenvalue weighted by Gasteiger charge is 2.52. The summed E-state index contributed by atoms with van der Waals surface area (Å²) in [7, 11) is 0. The lowest BCUT2D eigenvalue weighted by Gasteiger charge is -2.49. The lowest BCUT2D eigenvalue weighted by molar-refractivity contribution is -0.141. The molecule has 1 amide bonds. The second-order valence-electron chi connectivity index (χ2n) is 6.85. The molecule has 1 saturated carbocycles. The molecule has 2 fully saturated rings. The van der Waals surface area contributed by atoms with Gasteiger partial charge in [0.05, 0.1) is 11.5 Å². The van der Waals surface area contributed by atoms with Crippen molar-refractivity contribution in [2.24, 2.45) is 11.7 Å². The average Bonchev–Trinajstić information content (AvgIpc) is 3.27. The Morgan fingerprint density at radius 3 is 2.70 bits per heavy atom. The van der Waals surface area contributed by atoms with Crippen LogP contribution in [-0.4, -0.2) is 29.4 Å². The van der Waals surface area contributed by atoms with Gasteiger partial charge in [0, 0.05) is 13.1 Å². The lowest BCUT2D eigenvalue weighted by Crippen LogP contribution is -2.70. The minimum atomic E-state index is -0.0656. The van der Waals surface area contributed by atoms with Crippen LogP contribution in [0.1, 0.15) is 42.7 Å². The number of rotatable bonds is 2. The monoisotopic (exact) mass is 270 g/mol. The summed E-state index contributed by atoms with van der Waals surface area (Å²) in [5, 5.41) is 0. The van der Waals surface area contributed by atoms with Gasteiger partial charge >= 0.3 is 0 Å². The molecule has 20 heavy (non-hydrogen) atoms. The molecule has 2 N–H and O–H groups in total. The molecular weight excluding hydrogens is 248 g/mol. The number of aryl methyl sites for hydroxylation is 1. The van der Waals surface area contributed by atoms with Crippen LogP contribution in [0.25, 0.3) is 0 Å². The van der Waals surface area contributed by atoms with Gasteiger partial charge in [0.2, 0.25) is 5.91 Å². The van der Waals surface area contributed by atoms with Crippen LogP contribution in [0.15, 0.2) is 24.3 Å². The number of nitrogens with zero attached hydrogens (tertiary/aromatic N) is 1. The molecule has 1 heterocycles. The maximum atomic E-state index is 12.7. The molecule has 1 unspecified atom stereocenters. The van der Waals surface area contributed by atoms with Gasteiger partial charge in [-0.15, -0.1) is 0 Å². The second kappa shape index (κ2) is 4.32. The minimum Gasteiger partial charge on any atom is -0.338 e. The van der Waals surface area contributed by atoms with Gasteiger partial charge in [-0.25, -0.2) is 0 Å². The first-order valence-corrected chi connectivity index (χ1v) is 7.83. The number of hydrogen-bond acceptors (Lipinski definition) is 2. The fraction of sp³-hybridized carbons (Fsp3) is 0.588. The normalized spacial score (nSPS) is 27.6. The van der Waals surface area contributed by atoms with E-state index in [0.29, 0.717) is 11.8 Å². The smallest absolute Gasteiger partial charge is 0.230 e. The molecule has 3 heteroatoms. The fourth-order valence-electron chi connectivity index (χ4n) is 3.97. The predicted octanol–water partition coefficient (Wildman–Crippen LogP) is 2.06. The fourth-order valence-corrected chi connectivity index (χ4v) is 3.97. The van der Waals surface area contributed by atoms with E-state index >= 15 is 0 Å². The first kappa shape index (κ1) is 12.4. The molecule has 4 rings (SSSR count). The summed E-state index contributed by atoms with van der Waals surface area (Å²) in [6, 6.07) is 8.43. The van der Waals surface area contributed by atoms with E-state index in [-0.39, 0.29) is 11.5 Å². The molecular formula is C17H22N2O. The van der Waals surface area contributed by atoms with E-state index in [4.69, 9.17) is 5.73 Å². The third kappa shape index (κ3) is 1.87. The molecule has 3 nitrogen and oxygen atoms in total. The van der Waals surface area contributed by atoms with Crippen LogP contribution in [0.5, 0.6) is 0 Å². The van der Waals surface area contributed by atoms with Gasteiger partial charge in [-0.3, -0.25) is 4.79 Å². The van der Waals surface area contributed by atoms with Crippen molar-refractivity contribution >= 4 is 5.91 Å². The van der Waals surface area contributed by atoms with E-state index in [1.165, 1.54) is 24.0 Å². The van der Waals surface area contributed by atoms with E-state index in [1.54, 1.807) is 0 Å². The first-order chi connectivity index (χ1) is 9.67. The third-order valence-corrected chi connectivity index (χ3v) is 5.34. The molecule has 0 radical (unpaired) electrons. The van der Waals surface area contributed by atoms with Gasteiger partial charge in [-0.1, -0.05) is 24.3 Å². The molecule has 1 saturated heterocycles. The molecule has 1 aromatic rings. The summed E-state index contributed by atoms with van der Waals surface area (Å²) in [5.74, 6) is 1.05. The van der Waals surface area contributed by atoms with E-state index < -0.39 is 0 Å². The molecule has 3 aliphatic rings. The van der Waals surface area contributed by atoms with Crippen LogP contribution in [0, 0.1) is 5.92 Å². The SMILES string of the molecule is NC1(C2CC2)CN(C(=O)C2CCCc3ccccc32)C1. The van der Waals surface area contributed by atoms with Crippen LogP contribution >= 0.6 is 0 Å². The van der Waals surface area contributed by atoms with Gasteiger partial charge in [-0.2, -0.15) is 0 Å². The third-order valence-electron chi connectivity index (χ3n) is 5.34. The standard InChI is InChI=1S/C17H22N2O/c18-17(13-8-9-13)10-19(11-17)16(20)15-7-3-5-12-4-1-2-6-14(12)15/h1-2,4,6,13,15H,3,5,7-11,18H2. The first-order valence-electron chi connectivity index (χ1n) is 7.83. The zero-order valence-electron chi connectivity index (χ0n) is 11.8. The van der Waals surface area contributed by atoms with Crippen LogP contribution in [0.3, 0.4) is 0 Å². The number of benzene rings is 1. The molecule has 1 aromatic carbocycles. The van der Waals surface area contributed by atoms with Gasteiger partial charge in [0.1, 0.15) is 0 Å². The van der Waals surface area contributed by atoms with Crippen LogP contribution in [-0.2, 0) is 11.2 Å². The average molecular weight is 270 g/mol. The van der Waals surface area contributed by atoms with Gasteiger partial charge < -0.3 is 10.6 Å². The Morgan fingerprint density at radius 2 is 1.95 bits per heavy atom. The Morgan fingerprint density at radius 1 is 1.20 bits per heavy atom. The van der Waals surface area contributed by atoms with Crippen molar-refractivity contribution in [2.75, 3.05) is 13.1 Å². The Labute approximate surface area is 120 Å². The molecule has 1 aliphatic heterocycles. The summed E-state index contributed by atoms with van der Waals surface area (Å²) in [6.07, 6.45) is 5.74. The number of carbonyl (C=O) groups excluding carboxylic acids is 1. The summed E-state index contributed by atoms with van der Waals surface area (Å²) >= 11 is 0. The Kier molecular flexibility index (Phi) is 2.68. The number of fused-ring (bicyclic) bond motifs is 1. The molecule has 2 aliphatic carbocycles. The van der Waals surface area contributed by atoms with Crippen LogP contribution in [0.4, 0.5) is 0 Å². The summed E-state index contributed by atoms with van der Waals surface area (Å²) in [5.41, 5.74) is 8.92. The second-order valence-corrected chi connectivity index (χ2v) is 6.85. The highest BCUT2D eigenvalue weighted by atomic mass is 16.2. The van der Waals surface area contributed by atoms with Gasteiger partial charge in [-0.05, 0) is 49.1 Å². The van der Waals surface area contributed by atoms with Crippen molar-refractivity contribution in [3.05, 3.63) is 35.4 Å². The highest BCUT2D eigenvalue weighted by molar-refractivity contribution is 5.85. The zero-order valence-corrected chi connectivity index (χ0v) is 11.8. The molecule has 0 spiro atoms. The zero-order chi connectivity index (χ0) is 13.7. The summed E-state index contributed by atoms with van der Waals surface area (Å²) < 4.78 is 0. The van der Waals surface area contributed by atoms with Crippen molar-refractivity contribution in [3.63, 3.8) is 0 Å². The van der Waals surface area contributed by atoms with Crippen LogP contribution < -0.4 is 5.73 Å². The number of amides is 1. The summed E-state index contributed by atoms with van der Waals surface area (Å²) in [6.45, 7) is 1.55. The van der Waals surface area contributed by atoms with Crippen LogP contribution in [0.2, 0.25) is 0 Å². The van der Waals surface area contributed by atoms with Crippen molar-refractivity contribution < 1.29 is 4.79 Å². The Balaban J connectivity index is 1.50. The number of hydrogen-bond donors (Lipinski definition) is 1. The van der Waals surface area contributed by atoms with E-state index in [1.807, 2.05) is 4.90 Å². The molecule has 0 aromatic heterocycles. The van der Waals surface area contributed by atoms with E-state index in [9.17, 15) is 4.79 Å². The Bertz CT molecular complexity index is 544. The largest absolute Gasteiger partial charge is 0.338 e. The van der Waals surface area contributed by atoms with Crippen molar-refractivity contribution in [3.8, 4) is 0 Å². The Hall–Kier alpha value is -1.35. The molecule has 106 valence electrons. The maximum absolute atomic E-state index is 12.7. The lowest BCUT2D eigenvalue weighted by atomic mass is 9.79. The quantitative estimate of drug-likeness (QED) is 0.894. The van der Waals surface area contributed by atoms with E-state index in [2.05, 4.69) is 24.3 Å². The predicted molar refractivity (Wildman–Crippen MR) is 78.3 cm³/mol. The van der Waals surface area contributed by atoms with Gasteiger partial charge in [0.25, 0.3) is 0 Å². The van der Waals surface area contributed by atoms with Crippen molar-refractivity contribution in [1.82, 2.24) is 4.90 Å². The van der Waals surface area contributed by atoms with Crippen molar-refractivity contribution in [1.29, 1.82) is 0 Å². The number of carbonyl (C=O) groups is 1. The van der Waals surface area contributed by atoms with Gasteiger partial charge in [0.15, 0.2) is 0 Å².